The summed E-state index contributed by atoms with van der Waals surface area (Å²) in [4.78, 5) is 28.6. The number of carbonyl (C=O) groups excluding carboxylic acids is 2. The highest BCUT2D eigenvalue weighted by molar-refractivity contribution is 7.90. The van der Waals surface area contributed by atoms with E-state index in [1.165, 1.54) is 29.7 Å². The number of aromatic nitrogens is 1. The molecule has 0 aliphatic rings. The van der Waals surface area contributed by atoms with E-state index in [0.717, 1.165) is 0 Å². The van der Waals surface area contributed by atoms with Crippen molar-refractivity contribution in [1.29, 1.82) is 0 Å². The van der Waals surface area contributed by atoms with Crippen molar-refractivity contribution in [3.63, 3.8) is 0 Å². The fourth-order valence-corrected chi connectivity index (χ4v) is 3.82. The average molecular weight is 428 g/mol. The van der Waals surface area contributed by atoms with E-state index >= 15 is 0 Å². The van der Waals surface area contributed by atoms with Crippen molar-refractivity contribution >= 4 is 39.6 Å². The summed E-state index contributed by atoms with van der Waals surface area (Å²) in [6.07, 6.45) is 1.41. The molecule has 0 fully saturated rings. The summed E-state index contributed by atoms with van der Waals surface area (Å²) in [5.41, 5.74) is 0.548. The molecule has 0 saturated carbocycles. The van der Waals surface area contributed by atoms with Gasteiger partial charge >= 0.3 is 12.0 Å². The lowest BCUT2D eigenvalue weighted by atomic mass is 10.1. The molecule has 0 aliphatic carbocycles. The Bertz CT molecular complexity index is 878. The lowest BCUT2D eigenvalue weighted by Gasteiger charge is -2.19. The Morgan fingerprint density at radius 1 is 1.36 bits per heavy atom. The maximum atomic E-state index is 14.1. The Morgan fingerprint density at radius 2 is 2.04 bits per heavy atom. The number of amides is 2. The predicted octanol–water partition coefficient (Wildman–Crippen LogP) is 3.46. The minimum atomic E-state index is -1.42. The molecular formula is C18H22FN3O4S2. The van der Waals surface area contributed by atoms with Gasteiger partial charge in [-0.1, -0.05) is 11.3 Å². The van der Waals surface area contributed by atoms with Crippen molar-refractivity contribution in [2.24, 2.45) is 0 Å². The summed E-state index contributed by atoms with van der Waals surface area (Å²) in [5, 5.41) is 5.25. The molecule has 0 aliphatic heterocycles. The van der Waals surface area contributed by atoms with Crippen molar-refractivity contribution in [2.45, 2.75) is 38.2 Å². The first-order chi connectivity index (χ1) is 13.0. The van der Waals surface area contributed by atoms with Crippen LogP contribution in [0.2, 0.25) is 0 Å². The van der Waals surface area contributed by atoms with Crippen molar-refractivity contribution < 1.29 is 23.3 Å². The SMILES string of the molecule is Cc1nc(NC(=O)NCC(=O)OC(C)(C)C)sc1-c1ccc([S+](C)[O-])c(F)c1. The summed E-state index contributed by atoms with van der Waals surface area (Å²) in [6, 6.07) is 3.82. The predicted molar refractivity (Wildman–Crippen MR) is 107 cm³/mol. The molecule has 2 rings (SSSR count). The van der Waals surface area contributed by atoms with E-state index in [2.05, 4.69) is 15.6 Å². The normalized spacial score (nSPS) is 12.4. The molecule has 1 heterocycles. The molecular weight excluding hydrogens is 405 g/mol. The highest BCUT2D eigenvalue weighted by Crippen LogP contribution is 2.34. The van der Waals surface area contributed by atoms with E-state index in [4.69, 9.17) is 4.74 Å². The number of halogens is 1. The minimum absolute atomic E-state index is 0.130. The number of nitrogens with one attached hydrogen (secondary N) is 2. The smallest absolute Gasteiger partial charge is 0.325 e. The van der Waals surface area contributed by atoms with Gasteiger partial charge in [0.25, 0.3) is 0 Å². The van der Waals surface area contributed by atoms with E-state index in [1.54, 1.807) is 33.8 Å². The molecule has 2 amide bonds. The lowest BCUT2D eigenvalue weighted by Crippen LogP contribution is -2.36. The fourth-order valence-electron chi connectivity index (χ4n) is 2.26. The molecule has 0 spiro atoms. The van der Waals surface area contributed by atoms with E-state index in [-0.39, 0.29) is 11.4 Å². The van der Waals surface area contributed by atoms with Crippen LogP contribution in [0.4, 0.5) is 14.3 Å². The topological polar surface area (TPSA) is 103 Å². The summed E-state index contributed by atoms with van der Waals surface area (Å²) >= 11 is -0.250. The molecule has 2 aromatic rings. The van der Waals surface area contributed by atoms with Gasteiger partial charge in [0, 0.05) is 0 Å². The molecule has 0 bridgehead atoms. The van der Waals surface area contributed by atoms with Crippen LogP contribution >= 0.6 is 11.3 Å². The molecule has 2 N–H and O–H groups in total. The number of hydrogen-bond acceptors (Lipinski definition) is 6. The van der Waals surface area contributed by atoms with Crippen LogP contribution in [0.25, 0.3) is 10.4 Å². The van der Waals surface area contributed by atoms with Gasteiger partial charge in [-0.05, 0) is 62.6 Å². The van der Waals surface area contributed by atoms with Crippen molar-refractivity contribution in [1.82, 2.24) is 10.3 Å². The van der Waals surface area contributed by atoms with Crippen molar-refractivity contribution in [3.8, 4) is 10.4 Å². The number of anilines is 1. The molecule has 28 heavy (non-hydrogen) atoms. The van der Waals surface area contributed by atoms with Crippen LogP contribution in [-0.2, 0) is 20.7 Å². The molecule has 0 saturated heterocycles. The highest BCUT2D eigenvalue weighted by atomic mass is 32.2. The van der Waals surface area contributed by atoms with Crippen LogP contribution in [0.5, 0.6) is 0 Å². The summed E-state index contributed by atoms with van der Waals surface area (Å²) in [5.74, 6) is -1.11. The van der Waals surface area contributed by atoms with E-state index in [0.29, 0.717) is 21.3 Å². The standard InChI is InChI=1S/C18H22FN3O4S2/c1-10-15(11-6-7-13(28(5)25)12(19)8-11)27-17(21-10)22-16(24)20-9-14(23)26-18(2,3)4/h6-8H,9H2,1-5H3,(H2,20,21,22,24). The number of aryl methyl sites for hydroxylation is 1. The zero-order chi connectivity index (χ0) is 21.1. The first-order valence-corrected chi connectivity index (χ1v) is 10.7. The third kappa shape index (κ3) is 6.18. The number of esters is 1. The number of rotatable bonds is 5. The van der Waals surface area contributed by atoms with E-state index in [9.17, 15) is 18.5 Å². The van der Waals surface area contributed by atoms with Crippen LogP contribution in [0.3, 0.4) is 0 Å². The van der Waals surface area contributed by atoms with Gasteiger partial charge in [0.05, 0.1) is 10.6 Å². The molecule has 1 unspecified atom stereocenters. The van der Waals surface area contributed by atoms with Crippen molar-refractivity contribution in [2.75, 3.05) is 18.1 Å². The Balaban J connectivity index is 2.03. The summed E-state index contributed by atoms with van der Waals surface area (Å²) in [7, 11) is 0. The van der Waals surface area contributed by atoms with Gasteiger partial charge < -0.3 is 14.6 Å². The van der Waals surface area contributed by atoms with Crippen LogP contribution in [0.15, 0.2) is 23.1 Å². The maximum absolute atomic E-state index is 14.1. The number of nitrogens with zero attached hydrogens (tertiary/aromatic N) is 1. The van der Waals surface area contributed by atoms with Crippen molar-refractivity contribution in [3.05, 3.63) is 29.7 Å². The number of urea groups is 1. The molecule has 1 aromatic heterocycles. The zero-order valence-corrected chi connectivity index (χ0v) is 17.8. The number of ether oxygens (including phenoxy) is 1. The van der Waals surface area contributed by atoms with Gasteiger partial charge in [-0.25, -0.2) is 14.2 Å². The molecule has 1 aromatic carbocycles. The van der Waals surface area contributed by atoms with Gasteiger partial charge in [-0.2, -0.15) is 0 Å². The van der Waals surface area contributed by atoms with Crippen LogP contribution in [0, 0.1) is 12.7 Å². The number of hydrogen-bond donors (Lipinski definition) is 2. The van der Waals surface area contributed by atoms with Gasteiger partial charge in [-0.15, -0.1) is 0 Å². The molecule has 1 atom stereocenters. The third-order valence-electron chi connectivity index (χ3n) is 3.33. The maximum Gasteiger partial charge on any atom is 0.325 e. The summed E-state index contributed by atoms with van der Waals surface area (Å²) < 4.78 is 30.7. The Labute approximate surface area is 169 Å². The second-order valence-corrected chi connectivity index (χ2v) is 9.27. The molecule has 10 heteroatoms. The van der Waals surface area contributed by atoms with E-state index in [1.807, 2.05) is 0 Å². The van der Waals surface area contributed by atoms with Crippen LogP contribution in [0.1, 0.15) is 26.5 Å². The Morgan fingerprint density at radius 3 is 2.61 bits per heavy atom. The van der Waals surface area contributed by atoms with Crippen LogP contribution in [-0.4, -0.2) is 39.9 Å². The lowest BCUT2D eigenvalue weighted by molar-refractivity contribution is -0.153. The number of thiazole rings is 1. The third-order valence-corrected chi connectivity index (χ3v) is 5.41. The molecule has 0 radical (unpaired) electrons. The Hall–Kier alpha value is -2.17. The van der Waals surface area contributed by atoms with E-state index < -0.39 is 34.6 Å². The first kappa shape index (κ1) is 22.1. The average Bonchev–Trinajstić information content (AvgIpc) is 2.91. The van der Waals surface area contributed by atoms with Gasteiger partial charge in [0.1, 0.15) is 18.4 Å². The highest BCUT2D eigenvalue weighted by Gasteiger charge is 2.19. The first-order valence-electron chi connectivity index (χ1n) is 8.34. The summed E-state index contributed by atoms with van der Waals surface area (Å²) in [6.45, 7) is 6.66. The largest absolute Gasteiger partial charge is 0.612 e. The van der Waals surface area contributed by atoms with Gasteiger partial charge in [0.15, 0.2) is 15.8 Å². The minimum Gasteiger partial charge on any atom is -0.612 e. The molecule has 7 nitrogen and oxygen atoms in total. The number of benzene rings is 1. The van der Waals surface area contributed by atoms with Gasteiger partial charge in [-0.3, -0.25) is 10.1 Å². The van der Waals surface area contributed by atoms with Gasteiger partial charge in [0.2, 0.25) is 0 Å². The monoisotopic (exact) mass is 427 g/mol. The quantitative estimate of drug-likeness (QED) is 0.562. The van der Waals surface area contributed by atoms with Crippen LogP contribution < -0.4 is 10.6 Å². The zero-order valence-electron chi connectivity index (χ0n) is 16.2. The molecule has 152 valence electrons. The second-order valence-electron chi connectivity index (χ2n) is 6.93. The number of carbonyl (C=O) groups is 2. The Kier molecular flexibility index (Phi) is 7.02. The second kappa shape index (κ2) is 8.89. The fraction of sp³-hybridized carbons (Fsp3) is 0.389.